The summed E-state index contributed by atoms with van der Waals surface area (Å²) in [6.45, 7) is 1.07. The number of sulfonamides is 1. The zero-order valence-corrected chi connectivity index (χ0v) is 19.3. The van der Waals surface area contributed by atoms with Crippen LogP contribution in [-0.4, -0.2) is 43.8 Å². The minimum Gasteiger partial charge on any atom is -0.497 e. The van der Waals surface area contributed by atoms with Crippen molar-refractivity contribution in [3.8, 4) is 17.2 Å². The number of methoxy groups -OCH3 is 1. The van der Waals surface area contributed by atoms with E-state index >= 15 is 0 Å². The van der Waals surface area contributed by atoms with Crippen molar-refractivity contribution in [2.24, 2.45) is 0 Å². The van der Waals surface area contributed by atoms with Crippen molar-refractivity contribution in [1.29, 1.82) is 0 Å². The van der Waals surface area contributed by atoms with Gasteiger partial charge in [-0.15, -0.1) is 0 Å². The molecule has 0 radical (unpaired) electrons. The van der Waals surface area contributed by atoms with E-state index in [-0.39, 0.29) is 10.8 Å². The van der Waals surface area contributed by atoms with Gasteiger partial charge >= 0.3 is 0 Å². The van der Waals surface area contributed by atoms with E-state index in [1.54, 1.807) is 25.3 Å². The van der Waals surface area contributed by atoms with Gasteiger partial charge in [-0.05, 0) is 73.5 Å². The van der Waals surface area contributed by atoms with E-state index in [1.807, 2.05) is 24.3 Å². The first kappa shape index (κ1) is 22.1. The molecule has 5 rings (SSSR count). The zero-order valence-electron chi connectivity index (χ0n) is 18.5. The van der Waals surface area contributed by atoms with Crippen molar-refractivity contribution in [2.45, 2.75) is 17.7 Å². The van der Waals surface area contributed by atoms with Crippen LogP contribution in [0.4, 0.5) is 5.69 Å². The quantitative estimate of drug-likeness (QED) is 0.437. The fourth-order valence-corrected chi connectivity index (χ4v) is 5.44. The van der Waals surface area contributed by atoms with Crippen LogP contribution in [-0.2, 0) is 10.0 Å². The Balaban J connectivity index is 1.32. The molecular weight excluding hydrogens is 454 g/mol. The molecule has 0 unspecified atom stereocenters. The second-order valence-corrected chi connectivity index (χ2v) is 9.96. The van der Waals surface area contributed by atoms with Crippen molar-refractivity contribution in [3.05, 3.63) is 72.3 Å². The first-order valence-corrected chi connectivity index (χ1v) is 12.3. The van der Waals surface area contributed by atoms with Crippen LogP contribution in [0.15, 0.2) is 76.0 Å². The minimum absolute atomic E-state index is 0.195. The highest BCUT2D eigenvalue weighted by Gasteiger charge is 2.27. The summed E-state index contributed by atoms with van der Waals surface area (Å²) in [5.74, 6) is 0.863. The summed E-state index contributed by atoms with van der Waals surface area (Å²) in [5, 5.41) is 2.82. The second-order valence-electron chi connectivity index (χ2n) is 8.02. The molecule has 1 aromatic heterocycles. The molecule has 2 heterocycles. The van der Waals surface area contributed by atoms with Crippen LogP contribution in [0.25, 0.3) is 22.6 Å². The average Bonchev–Trinajstić information content (AvgIpc) is 3.55. The monoisotopic (exact) mass is 477 g/mol. The molecule has 1 fully saturated rings. The number of nitrogens with zero attached hydrogens (tertiary/aromatic N) is 2. The van der Waals surface area contributed by atoms with Gasteiger partial charge < -0.3 is 14.5 Å². The molecule has 0 spiro atoms. The molecule has 1 aliphatic heterocycles. The minimum atomic E-state index is -3.51. The van der Waals surface area contributed by atoms with Gasteiger partial charge in [0.25, 0.3) is 5.91 Å². The number of nitrogens with one attached hydrogen (secondary N) is 1. The first-order valence-electron chi connectivity index (χ1n) is 10.9. The van der Waals surface area contributed by atoms with E-state index in [9.17, 15) is 13.2 Å². The van der Waals surface area contributed by atoms with E-state index in [0.717, 1.165) is 24.2 Å². The highest BCUT2D eigenvalue weighted by Crippen LogP contribution is 2.28. The molecular formula is C25H23N3O5S. The number of amides is 1. The summed E-state index contributed by atoms with van der Waals surface area (Å²) < 4.78 is 37.9. The third kappa shape index (κ3) is 4.27. The Bertz CT molecular complexity index is 1440. The van der Waals surface area contributed by atoms with Crippen LogP contribution in [0, 0.1) is 0 Å². The standard InChI is InChI=1S/C25H23N3O5S/c1-32-20-9-4-18(5-10-20)25-27-22-13-8-19(16-23(22)33-25)26-24(29)17-6-11-21(12-7-17)34(30,31)28-14-2-3-15-28/h4-13,16H,2-3,14-15H2,1H3,(H,26,29). The number of hydrogen-bond donors (Lipinski definition) is 1. The van der Waals surface area contributed by atoms with Crippen molar-refractivity contribution in [1.82, 2.24) is 9.29 Å². The second kappa shape index (κ2) is 8.92. The summed E-state index contributed by atoms with van der Waals surface area (Å²) in [7, 11) is -1.91. The molecule has 0 bridgehead atoms. The van der Waals surface area contributed by atoms with E-state index in [1.165, 1.54) is 28.6 Å². The number of fused-ring (bicyclic) bond motifs is 1. The molecule has 4 aromatic rings. The van der Waals surface area contributed by atoms with Gasteiger partial charge in [-0.1, -0.05) is 0 Å². The van der Waals surface area contributed by atoms with Crippen molar-refractivity contribution >= 4 is 32.7 Å². The lowest BCUT2D eigenvalue weighted by atomic mass is 10.2. The van der Waals surface area contributed by atoms with Gasteiger partial charge in [0.15, 0.2) is 5.58 Å². The highest BCUT2D eigenvalue weighted by atomic mass is 32.2. The lowest BCUT2D eigenvalue weighted by molar-refractivity contribution is 0.102. The summed E-state index contributed by atoms with van der Waals surface area (Å²) in [5.41, 5.74) is 2.92. The molecule has 3 aromatic carbocycles. The van der Waals surface area contributed by atoms with E-state index < -0.39 is 10.0 Å². The molecule has 0 saturated carbocycles. The summed E-state index contributed by atoms with van der Waals surface area (Å²) >= 11 is 0. The molecule has 1 aliphatic rings. The summed E-state index contributed by atoms with van der Waals surface area (Å²) in [6, 6.07) is 18.6. The lowest BCUT2D eigenvalue weighted by Crippen LogP contribution is -2.27. The average molecular weight is 478 g/mol. The van der Waals surface area contributed by atoms with Crippen LogP contribution in [0.5, 0.6) is 5.75 Å². The van der Waals surface area contributed by atoms with Gasteiger partial charge in [0.1, 0.15) is 11.3 Å². The smallest absolute Gasteiger partial charge is 0.255 e. The summed E-state index contributed by atoms with van der Waals surface area (Å²) in [6.07, 6.45) is 1.74. The number of rotatable bonds is 6. The fraction of sp³-hybridized carbons (Fsp3) is 0.200. The van der Waals surface area contributed by atoms with Crippen LogP contribution in [0.2, 0.25) is 0 Å². The van der Waals surface area contributed by atoms with Crippen LogP contribution in [0.1, 0.15) is 23.2 Å². The summed E-state index contributed by atoms with van der Waals surface area (Å²) in [4.78, 5) is 17.4. The molecule has 34 heavy (non-hydrogen) atoms. The molecule has 9 heteroatoms. The molecule has 0 aliphatic carbocycles. The van der Waals surface area contributed by atoms with Gasteiger partial charge in [0.05, 0.1) is 12.0 Å². The maximum absolute atomic E-state index is 12.7. The van der Waals surface area contributed by atoms with E-state index in [4.69, 9.17) is 9.15 Å². The molecule has 174 valence electrons. The Kier molecular flexibility index (Phi) is 5.80. The number of aromatic nitrogens is 1. The molecule has 8 nitrogen and oxygen atoms in total. The van der Waals surface area contributed by atoms with Crippen LogP contribution >= 0.6 is 0 Å². The Hall–Kier alpha value is -3.69. The Morgan fingerprint density at radius 2 is 1.71 bits per heavy atom. The van der Waals surface area contributed by atoms with Crippen LogP contribution < -0.4 is 10.1 Å². The van der Waals surface area contributed by atoms with Gasteiger partial charge in [-0.3, -0.25) is 4.79 Å². The molecule has 1 amide bonds. The number of benzene rings is 3. The molecule has 0 atom stereocenters. The van der Waals surface area contributed by atoms with Gasteiger partial charge in [-0.2, -0.15) is 4.31 Å². The number of anilines is 1. The topological polar surface area (TPSA) is 102 Å². The van der Waals surface area contributed by atoms with Crippen molar-refractivity contribution in [3.63, 3.8) is 0 Å². The molecule has 1 saturated heterocycles. The van der Waals surface area contributed by atoms with Crippen LogP contribution in [0.3, 0.4) is 0 Å². The maximum atomic E-state index is 12.7. The predicted molar refractivity (Wildman–Crippen MR) is 128 cm³/mol. The Morgan fingerprint density at radius 1 is 1.00 bits per heavy atom. The predicted octanol–water partition coefficient (Wildman–Crippen LogP) is 4.54. The van der Waals surface area contributed by atoms with Crippen molar-refractivity contribution < 1.29 is 22.4 Å². The number of oxazole rings is 1. The molecule has 1 N–H and O–H groups in total. The third-order valence-corrected chi connectivity index (χ3v) is 7.72. The number of ether oxygens (including phenoxy) is 1. The van der Waals surface area contributed by atoms with Gasteiger partial charge in [0.2, 0.25) is 15.9 Å². The number of carbonyl (C=O) groups is 1. The largest absolute Gasteiger partial charge is 0.497 e. The highest BCUT2D eigenvalue weighted by molar-refractivity contribution is 7.89. The third-order valence-electron chi connectivity index (χ3n) is 5.80. The zero-order chi connectivity index (χ0) is 23.7. The number of carbonyl (C=O) groups excluding carboxylic acids is 1. The Morgan fingerprint density at radius 3 is 2.38 bits per heavy atom. The Labute approximate surface area is 197 Å². The first-order chi connectivity index (χ1) is 16.4. The normalized spacial score (nSPS) is 14.4. The maximum Gasteiger partial charge on any atom is 0.255 e. The number of hydrogen-bond acceptors (Lipinski definition) is 6. The lowest BCUT2D eigenvalue weighted by Gasteiger charge is -2.15. The van der Waals surface area contributed by atoms with E-state index in [2.05, 4.69) is 10.3 Å². The van der Waals surface area contributed by atoms with Crippen molar-refractivity contribution in [2.75, 3.05) is 25.5 Å². The fourth-order valence-electron chi connectivity index (χ4n) is 3.92. The van der Waals surface area contributed by atoms with Gasteiger partial charge in [-0.25, -0.2) is 13.4 Å². The van der Waals surface area contributed by atoms with E-state index in [0.29, 0.717) is 41.3 Å². The van der Waals surface area contributed by atoms with Gasteiger partial charge in [0, 0.05) is 36.0 Å². The SMILES string of the molecule is COc1ccc(-c2nc3ccc(NC(=O)c4ccc(S(=O)(=O)N5CCCC5)cc4)cc3o2)cc1.